The number of aromatic nitrogens is 2. The van der Waals surface area contributed by atoms with E-state index < -0.39 is 23.8 Å². The molecule has 3 aromatic carbocycles. The molecule has 0 aliphatic heterocycles. The zero-order valence-electron chi connectivity index (χ0n) is 28.7. The first kappa shape index (κ1) is 33.9. The van der Waals surface area contributed by atoms with Gasteiger partial charge >= 0.3 is 5.97 Å². The van der Waals surface area contributed by atoms with E-state index in [-0.39, 0.29) is 29.5 Å². The third-order valence-electron chi connectivity index (χ3n) is 9.41. The number of carboxylic acids is 1. The molecule has 1 aliphatic carbocycles. The van der Waals surface area contributed by atoms with Crippen LogP contribution < -0.4 is 5.32 Å². The Balaban J connectivity index is 1.18. The fraction of sp³-hybridized carbons (Fsp3) is 0.293. The number of carbonyl (C=O) groups is 3. The normalized spacial score (nSPS) is 14.4. The fourth-order valence-corrected chi connectivity index (χ4v) is 7.46. The lowest BCUT2D eigenvalue weighted by Gasteiger charge is -2.21. The number of hydrogen-bond acceptors (Lipinski definition) is 6. The van der Waals surface area contributed by atoms with Gasteiger partial charge < -0.3 is 10.4 Å². The highest BCUT2D eigenvalue weighted by Gasteiger charge is 2.35. The topological polar surface area (TPSA) is 109 Å². The maximum Gasteiger partial charge on any atom is 0.325 e. The van der Waals surface area contributed by atoms with E-state index in [9.17, 15) is 19.5 Å². The van der Waals surface area contributed by atoms with Crippen LogP contribution in [0.25, 0.3) is 33.6 Å². The van der Waals surface area contributed by atoms with E-state index in [1.807, 2.05) is 48.8 Å². The van der Waals surface area contributed by atoms with Crippen LogP contribution in [0.5, 0.6) is 0 Å². The van der Waals surface area contributed by atoms with Crippen LogP contribution in [0.1, 0.15) is 79.2 Å². The maximum atomic E-state index is 13.3. The molecular formula is C41H41N3O4S. The van der Waals surface area contributed by atoms with Crippen LogP contribution in [0.4, 0.5) is 0 Å². The molecule has 1 amide bonds. The average Bonchev–Trinajstić information content (AvgIpc) is 3.67. The van der Waals surface area contributed by atoms with E-state index >= 15 is 0 Å². The summed E-state index contributed by atoms with van der Waals surface area (Å²) >= 11 is 1.44. The molecule has 2 aromatic heterocycles. The number of nitrogens with zero attached hydrogens (tertiary/aromatic N) is 2. The number of ketones is 1. The van der Waals surface area contributed by atoms with Crippen LogP contribution >= 0.6 is 11.3 Å². The number of aliphatic carboxylic acids is 1. The van der Waals surface area contributed by atoms with Crippen molar-refractivity contribution >= 4 is 29.0 Å². The fourth-order valence-electron chi connectivity index (χ4n) is 6.45. The van der Waals surface area contributed by atoms with Crippen molar-refractivity contribution < 1.29 is 19.5 Å². The number of amides is 1. The minimum atomic E-state index is -1.13. The van der Waals surface area contributed by atoms with Crippen LogP contribution in [0.3, 0.4) is 0 Å². The second kappa shape index (κ2) is 13.2. The molecule has 0 radical (unpaired) electrons. The lowest BCUT2D eigenvalue weighted by Crippen LogP contribution is -2.42. The zero-order valence-corrected chi connectivity index (χ0v) is 29.5. The Labute approximate surface area is 291 Å². The standard InChI is InChI=1S/C41H41N3O4S/c1-24(39(47)48)44-38(46)28(21-34(45)35-17-18-36(49-35)40(2,3)4)19-25-11-13-26(14-12-25)37-42-22-29(23-43-37)27-15-16-31-30-9-7-8-10-32(30)41(5,6)33(31)20-27/h7-18,20,22-24,28H,19,21H2,1-6H3,(H,44,46)(H,47,48)/t24-,28-/m1/s1. The SMILES string of the molecule is C[C@@H](NC(=O)[C@@H](CC(=O)c1ccc(C(C)(C)C)s1)Cc1ccc(-c2ncc(-c3ccc4c(c3)C(C)(C)c3ccccc3-4)cn2)cc1)C(=O)O. The van der Waals surface area contributed by atoms with Crippen LogP contribution in [-0.2, 0) is 26.8 Å². The quantitative estimate of drug-likeness (QED) is 0.144. The lowest BCUT2D eigenvalue weighted by molar-refractivity contribution is -0.141. The number of thiophene rings is 1. The van der Waals surface area contributed by atoms with E-state index in [2.05, 4.69) is 92.4 Å². The van der Waals surface area contributed by atoms with Crippen molar-refractivity contribution in [2.75, 3.05) is 0 Å². The van der Waals surface area contributed by atoms with Gasteiger partial charge in [-0.3, -0.25) is 14.4 Å². The van der Waals surface area contributed by atoms with Gasteiger partial charge in [0.2, 0.25) is 5.91 Å². The van der Waals surface area contributed by atoms with E-state index in [1.165, 1.54) is 40.5 Å². The molecule has 0 unspecified atom stereocenters. The van der Waals surface area contributed by atoms with Gasteiger partial charge in [-0.2, -0.15) is 0 Å². The third-order valence-corrected chi connectivity index (χ3v) is 11.0. The first-order valence-corrected chi connectivity index (χ1v) is 17.4. The van der Waals surface area contributed by atoms with Crippen LogP contribution in [-0.4, -0.2) is 38.8 Å². The number of Topliss-reactive ketones (excluding diaryl/α,β-unsaturated/α-hetero) is 1. The summed E-state index contributed by atoms with van der Waals surface area (Å²) in [5.74, 6) is -1.88. The molecule has 0 saturated heterocycles. The molecule has 2 heterocycles. The van der Waals surface area contributed by atoms with Gasteiger partial charge in [0.15, 0.2) is 11.6 Å². The largest absolute Gasteiger partial charge is 0.480 e. The molecule has 8 heteroatoms. The Morgan fingerprint density at radius 3 is 2.14 bits per heavy atom. The highest BCUT2D eigenvalue weighted by molar-refractivity contribution is 7.14. The molecule has 2 N–H and O–H groups in total. The first-order valence-electron chi connectivity index (χ1n) is 16.5. The Hall–Kier alpha value is -4.95. The molecule has 2 atom stereocenters. The molecule has 0 fully saturated rings. The number of hydrogen-bond donors (Lipinski definition) is 2. The van der Waals surface area contributed by atoms with Crippen LogP contribution in [0.15, 0.2) is 91.3 Å². The van der Waals surface area contributed by atoms with Crippen molar-refractivity contribution in [1.29, 1.82) is 0 Å². The van der Waals surface area contributed by atoms with E-state index in [0.717, 1.165) is 27.1 Å². The van der Waals surface area contributed by atoms with Crippen molar-refractivity contribution in [3.63, 3.8) is 0 Å². The smallest absolute Gasteiger partial charge is 0.325 e. The van der Waals surface area contributed by atoms with Gasteiger partial charge in [0.05, 0.1) is 4.88 Å². The van der Waals surface area contributed by atoms with E-state index in [0.29, 0.717) is 10.7 Å². The Morgan fingerprint density at radius 2 is 1.49 bits per heavy atom. The highest BCUT2D eigenvalue weighted by atomic mass is 32.1. The van der Waals surface area contributed by atoms with Crippen molar-refractivity contribution in [2.45, 2.75) is 71.3 Å². The number of carboxylic acid groups (broad SMARTS) is 1. The van der Waals surface area contributed by atoms with Gasteiger partial charge in [0.25, 0.3) is 0 Å². The number of benzene rings is 3. The molecule has 5 aromatic rings. The number of fused-ring (bicyclic) bond motifs is 3. The van der Waals surface area contributed by atoms with Crippen molar-refractivity contribution in [3.05, 3.63) is 118 Å². The highest BCUT2D eigenvalue weighted by Crippen LogP contribution is 2.49. The summed E-state index contributed by atoms with van der Waals surface area (Å²) in [6.07, 6.45) is 3.94. The third kappa shape index (κ3) is 6.97. The van der Waals surface area contributed by atoms with Gasteiger partial charge in [-0.1, -0.05) is 95.3 Å². The number of nitrogens with one attached hydrogen (secondary N) is 1. The van der Waals surface area contributed by atoms with Crippen molar-refractivity contribution in [1.82, 2.24) is 15.3 Å². The molecule has 0 saturated carbocycles. The second-order valence-corrected chi connectivity index (χ2v) is 15.5. The van der Waals surface area contributed by atoms with E-state index in [1.54, 1.807) is 0 Å². The predicted molar refractivity (Wildman–Crippen MR) is 195 cm³/mol. The Kier molecular flexibility index (Phi) is 9.11. The average molecular weight is 672 g/mol. The summed E-state index contributed by atoms with van der Waals surface area (Å²) in [5.41, 5.74) is 8.67. The Bertz CT molecular complexity index is 2040. The van der Waals surface area contributed by atoms with Crippen molar-refractivity contribution in [2.24, 2.45) is 5.92 Å². The van der Waals surface area contributed by atoms with Crippen LogP contribution in [0, 0.1) is 5.92 Å². The summed E-state index contributed by atoms with van der Waals surface area (Å²) in [5, 5.41) is 11.9. The van der Waals surface area contributed by atoms with Gasteiger partial charge in [-0.05, 0) is 70.3 Å². The molecule has 0 spiro atoms. The summed E-state index contributed by atoms with van der Waals surface area (Å²) in [6, 6.07) is 25.5. The zero-order chi connectivity index (χ0) is 35.1. The minimum absolute atomic E-state index is 0.0272. The molecule has 7 nitrogen and oxygen atoms in total. The second-order valence-electron chi connectivity index (χ2n) is 14.4. The minimum Gasteiger partial charge on any atom is -0.480 e. The van der Waals surface area contributed by atoms with Crippen molar-refractivity contribution in [3.8, 4) is 33.6 Å². The summed E-state index contributed by atoms with van der Waals surface area (Å²) in [7, 11) is 0. The van der Waals surface area contributed by atoms with Crippen LogP contribution in [0.2, 0.25) is 0 Å². The lowest BCUT2D eigenvalue weighted by atomic mass is 9.82. The number of rotatable bonds is 10. The monoisotopic (exact) mass is 671 g/mol. The molecule has 1 aliphatic rings. The summed E-state index contributed by atoms with van der Waals surface area (Å²) < 4.78 is 0. The Morgan fingerprint density at radius 1 is 0.837 bits per heavy atom. The first-order chi connectivity index (χ1) is 23.2. The molecule has 250 valence electrons. The molecule has 0 bridgehead atoms. The molecule has 6 rings (SSSR count). The summed E-state index contributed by atoms with van der Waals surface area (Å²) in [6.45, 7) is 12.2. The van der Waals surface area contributed by atoms with Gasteiger partial charge in [0.1, 0.15) is 6.04 Å². The van der Waals surface area contributed by atoms with Gasteiger partial charge in [-0.15, -0.1) is 11.3 Å². The predicted octanol–water partition coefficient (Wildman–Crippen LogP) is 8.50. The molecular weight excluding hydrogens is 631 g/mol. The van der Waals surface area contributed by atoms with Gasteiger partial charge in [0, 0.05) is 46.2 Å². The van der Waals surface area contributed by atoms with E-state index in [4.69, 9.17) is 0 Å². The maximum absolute atomic E-state index is 13.3. The molecule has 49 heavy (non-hydrogen) atoms. The van der Waals surface area contributed by atoms with Gasteiger partial charge in [-0.25, -0.2) is 9.97 Å². The summed E-state index contributed by atoms with van der Waals surface area (Å²) in [4.78, 5) is 49.1. The number of carbonyl (C=O) groups excluding carboxylic acids is 2.